The maximum atomic E-state index is 12.2. The second-order valence-corrected chi connectivity index (χ2v) is 6.52. The van der Waals surface area contributed by atoms with Crippen molar-refractivity contribution in [3.8, 4) is 11.5 Å². The van der Waals surface area contributed by atoms with Gasteiger partial charge in [0.1, 0.15) is 11.5 Å². The molecule has 2 amide bonds. The van der Waals surface area contributed by atoms with Crippen LogP contribution in [0.2, 0.25) is 10.0 Å². The highest BCUT2D eigenvalue weighted by Crippen LogP contribution is 2.27. The van der Waals surface area contributed by atoms with Crippen molar-refractivity contribution >= 4 is 35.0 Å². The van der Waals surface area contributed by atoms with E-state index < -0.39 is 17.9 Å². The molecule has 0 fully saturated rings. The van der Waals surface area contributed by atoms with Crippen LogP contribution in [0.5, 0.6) is 11.5 Å². The van der Waals surface area contributed by atoms with Gasteiger partial charge >= 0.3 is 0 Å². The summed E-state index contributed by atoms with van der Waals surface area (Å²) in [6.45, 7) is 3.38. The predicted octanol–water partition coefficient (Wildman–Crippen LogP) is 3.69. The summed E-state index contributed by atoms with van der Waals surface area (Å²) >= 11 is 11.8. The summed E-state index contributed by atoms with van der Waals surface area (Å²) < 4.78 is 11.0. The van der Waals surface area contributed by atoms with Gasteiger partial charge in [-0.25, -0.2) is 0 Å². The van der Waals surface area contributed by atoms with Crippen LogP contribution in [0.1, 0.15) is 18.9 Å². The quantitative estimate of drug-likeness (QED) is 0.682. The van der Waals surface area contributed by atoms with Gasteiger partial charge in [-0.2, -0.15) is 0 Å². The van der Waals surface area contributed by atoms with Crippen molar-refractivity contribution in [2.45, 2.75) is 26.4 Å². The van der Waals surface area contributed by atoms with Crippen LogP contribution in [0.4, 0.5) is 0 Å². The fourth-order valence-corrected chi connectivity index (χ4v) is 2.61. The van der Waals surface area contributed by atoms with Crippen molar-refractivity contribution in [2.24, 2.45) is 0 Å². The van der Waals surface area contributed by atoms with E-state index in [1.54, 1.807) is 18.2 Å². The molecule has 27 heavy (non-hydrogen) atoms. The number of halogens is 2. The highest BCUT2D eigenvalue weighted by atomic mass is 35.5. The van der Waals surface area contributed by atoms with Crippen LogP contribution in [0.25, 0.3) is 0 Å². The van der Waals surface area contributed by atoms with Gasteiger partial charge < -0.3 is 9.47 Å². The number of amides is 2. The molecule has 0 aliphatic rings. The smallest absolute Gasteiger partial charge is 0.279 e. The van der Waals surface area contributed by atoms with Crippen molar-refractivity contribution in [1.29, 1.82) is 0 Å². The van der Waals surface area contributed by atoms with E-state index in [4.69, 9.17) is 32.7 Å². The Hall–Kier alpha value is -2.44. The molecule has 0 radical (unpaired) electrons. The molecule has 1 unspecified atom stereocenters. The molecule has 0 bridgehead atoms. The first-order valence-corrected chi connectivity index (χ1v) is 9.05. The lowest BCUT2D eigenvalue weighted by Gasteiger charge is -2.18. The van der Waals surface area contributed by atoms with Crippen molar-refractivity contribution in [3.05, 3.63) is 58.1 Å². The molecule has 0 heterocycles. The molecule has 2 aromatic rings. The zero-order chi connectivity index (χ0) is 19.8. The largest absolute Gasteiger partial charge is 0.482 e. The summed E-state index contributed by atoms with van der Waals surface area (Å²) in [5, 5.41) is 0.750. The van der Waals surface area contributed by atoms with Gasteiger partial charge in [0.2, 0.25) is 0 Å². The number of nitrogens with one attached hydrogen (secondary N) is 2. The Kier molecular flexibility index (Phi) is 7.76. The van der Waals surface area contributed by atoms with E-state index in [0.717, 1.165) is 5.56 Å². The zero-order valence-electron chi connectivity index (χ0n) is 14.9. The number of hydrogen-bond donors (Lipinski definition) is 2. The third-order valence-corrected chi connectivity index (χ3v) is 4.13. The minimum atomic E-state index is -0.738. The molecule has 0 spiro atoms. The fraction of sp³-hybridized carbons (Fsp3) is 0.263. The summed E-state index contributed by atoms with van der Waals surface area (Å²) in [4.78, 5) is 24.1. The second-order valence-electron chi connectivity index (χ2n) is 5.68. The maximum absolute atomic E-state index is 12.2. The van der Waals surface area contributed by atoms with Gasteiger partial charge in [0, 0.05) is 5.02 Å². The van der Waals surface area contributed by atoms with Crippen LogP contribution in [0.15, 0.2) is 42.5 Å². The lowest BCUT2D eigenvalue weighted by molar-refractivity contribution is -0.134. The normalized spacial score (nSPS) is 11.4. The third kappa shape index (κ3) is 6.34. The minimum Gasteiger partial charge on any atom is -0.482 e. The van der Waals surface area contributed by atoms with Crippen LogP contribution >= 0.6 is 23.2 Å². The predicted molar refractivity (Wildman–Crippen MR) is 104 cm³/mol. The van der Waals surface area contributed by atoms with Crippen molar-refractivity contribution in [1.82, 2.24) is 10.9 Å². The van der Waals surface area contributed by atoms with Gasteiger partial charge in [-0.3, -0.25) is 20.4 Å². The van der Waals surface area contributed by atoms with Crippen LogP contribution in [0.3, 0.4) is 0 Å². The number of aryl methyl sites for hydroxylation is 1. The molecule has 2 aromatic carbocycles. The lowest BCUT2D eigenvalue weighted by Crippen LogP contribution is -2.49. The second kappa shape index (κ2) is 10.0. The number of carbonyl (C=O) groups excluding carboxylic acids is 2. The first-order valence-electron chi connectivity index (χ1n) is 8.29. The molecule has 144 valence electrons. The summed E-state index contributed by atoms with van der Waals surface area (Å²) in [5.74, 6) is -0.0675. The molecule has 8 heteroatoms. The third-order valence-electron chi connectivity index (χ3n) is 3.60. The summed E-state index contributed by atoms with van der Waals surface area (Å²) in [6.07, 6.45) is -0.301. The molecule has 0 saturated carbocycles. The van der Waals surface area contributed by atoms with E-state index in [-0.39, 0.29) is 11.6 Å². The average molecular weight is 411 g/mol. The van der Waals surface area contributed by atoms with E-state index in [1.165, 1.54) is 6.07 Å². The molecule has 6 nitrogen and oxygen atoms in total. The number of benzene rings is 2. The standard InChI is InChI=1S/C19H20Cl2N2O4/c1-3-15(27-16-7-5-4-6-12(16)2)19(25)23-22-18(24)11-26-17-9-8-13(20)10-14(17)21/h4-10,15H,3,11H2,1-2H3,(H,22,24)(H,23,25). The van der Waals surface area contributed by atoms with Gasteiger partial charge in [-0.1, -0.05) is 48.3 Å². The highest BCUT2D eigenvalue weighted by molar-refractivity contribution is 6.35. The van der Waals surface area contributed by atoms with Crippen molar-refractivity contribution in [2.75, 3.05) is 6.61 Å². The van der Waals surface area contributed by atoms with E-state index in [0.29, 0.717) is 22.9 Å². The number of carbonyl (C=O) groups is 2. The SMILES string of the molecule is CCC(Oc1ccccc1C)C(=O)NNC(=O)COc1ccc(Cl)cc1Cl. The highest BCUT2D eigenvalue weighted by Gasteiger charge is 2.19. The van der Waals surface area contributed by atoms with Gasteiger partial charge in [0.25, 0.3) is 11.8 Å². The first kappa shape index (κ1) is 20.9. The Labute approximate surface area is 167 Å². The molecular weight excluding hydrogens is 391 g/mol. The molecule has 0 aliphatic heterocycles. The van der Waals surface area contributed by atoms with E-state index in [9.17, 15) is 9.59 Å². The summed E-state index contributed by atoms with van der Waals surface area (Å²) in [5.41, 5.74) is 5.54. The van der Waals surface area contributed by atoms with E-state index in [2.05, 4.69) is 10.9 Å². The van der Waals surface area contributed by atoms with Crippen molar-refractivity contribution < 1.29 is 19.1 Å². The monoisotopic (exact) mass is 410 g/mol. The van der Waals surface area contributed by atoms with Crippen LogP contribution in [-0.2, 0) is 9.59 Å². The van der Waals surface area contributed by atoms with Crippen LogP contribution in [0, 0.1) is 6.92 Å². The zero-order valence-corrected chi connectivity index (χ0v) is 16.4. The molecule has 1 atom stereocenters. The Morgan fingerprint density at radius 3 is 2.48 bits per heavy atom. The summed E-state index contributed by atoms with van der Waals surface area (Å²) in [6, 6.07) is 12.0. The lowest BCUT2D eigenvalue weighted by atomic mass is 10.2. The van der Waals surface area contributed by atoms with E-state index in [1.807, 2.05) is 32.0 Å². The molecule has 0 aromatic heterocycles. The Bertz CT molecular complexity index is 814. The molecule has 0 aliphatic carbocycles. The first-order chi connectivity index (χ1) is 12.9. The summed E-state index contributed by atoms with van der Waals surface area (Å²) in [7, 11) is 0. The molecule has 2 N–H and O–H groups in total. The topological polar surface area (TPSA) is 76.7 Å². The number of ether oxygens (including phenoxy) is 2. The number of para-hydroxylation sites is 1. The molecule has 2 rings (SSSR count). The number of hydrazine groups is 1. The Morgan fingerprint density at radius 2 is 1.81 bits per heavy atom. The van der Waals surface area contributed by atoms with Crippen LogP contribution in [-0.4, -0.2) is 24.5 Å². The van der Waals surface area contributed by atoms with Gasteiger partial charge in [-0.15, -0.1) is 0 Å². The Morgan fingerprint density at radius 1 is 1.07 bits per heavy atom. The minimum absolute atomic E-state index is 0.289. The average Bonchev–Trinajstić information content (AvgIpc) is 2.64. The molecule has 0 saturated heterocycles. The van der Waals surface area contributed by atoms with Gasteiger partial charge in [0.15, 0.2) is 12.7 Å². The van der Waals surface area contributed by atoms with Crippen molar-refractivity contribution in [3.63, 3.8) is 0 Å². The Balaban J connectivity index is 1.82. The number of hydrogen-bond acceptors (Lipinski definition) is 4. The van der Waals surface area contributed by atoms with Gasteiger partial charge in [-0.05, 0) is 43.2 Å². The maximum Gasteiger partial charge on any atom is 0.279 e. The fourth-order valence-electron chi connectivity index (χ4n) is 2.15. The van der Waals surface area contributed by atoms with Gasteiger partial charge in [0.05, 0.1) is 5.02 Å². The van der Waals surface area contributed by atoms with E-state index >= 15 is 0 Å². The number of rotatable bonds is 7. The van der Waals surface area contributed by atoms with Crippen LogP contribution < -0.4 is 20.3 Å². The molecular formula is C19H20Cl2N2O4.